The van der Waals surface area contributed by atoms with Crippen LogP contribution in [0.2, 0.25) is 0 Å². The van der Waals surface area contributed by atoms with Crippen LogP contribution in [0.1, 0.15) is 49.6 Å². The normalized spacial score (nSPS) is 29.7. The van der Waals surface area contributed by atoms with Crippen molar-refractivity contribution in [3.05, 3.63) is 34.8 Å². The molecule has 9 nitrogen and oxygen atoms in total. The second-order valence-corrected chi connectivity index (χ2v) is 11.2. The third-order valence-electron chi connectivity index (χ3n) is 7.93. The first-order valence-electron chi connectivity index (χ1n) is 11.8. The quantitative estimate of drug-likeness (QED) is 0.391. The molecule has 2 amide bonds. The van der Waals surface area contributed by atoms with Gasteiger partial charge in [0.15, 0.2) is 5.13 Å². The Labute approximate surface area is 208 Å². The third kappa shape index (κ3) is 4.80. The molecule has 5 N–H and O–H groups in total. The monoisotopic (exact) mass is 503 g/mol. The summed E-state index contributed by atoms with van der Waals surface area (Å²) in [5, 5.41) is 37.0. The summed E-state index contributed by atoms with van der Waals surface area (Å²) in [6.45, 7) is 3.78. The van der Waals surface area contributed by atoms with Gasteiger partial charge in [0.1, 0.15) is 12.4 Å². The molecule has 2 aliphatic carbocycles. The second kappa shape index (κ2) is 9.85. The molecule has 0 radical (unpaired) electrons. The molecular formula is C25H33N3O6S. The number of ether oxygens (including phenoxy) is 1. The zero-order valence-corrected chi connectivity index (χ0v) is 21.0. The van der Waals surface area contributed by atoms with Crippen LogP contribution >= 0.6 is 11.3 Å². The van der Waals surface area contributed by atoms with E-state index in [0.717, 1.165) is 10.6 Å². The zero-order chi connectivity index (χ0) is 25.4. The maximum Gasteiger partial charge on any atom is 0.252 e. The number of phenols is 1. The van der Waals surface area contributed by atoms with Gasteiger partial charge in [-0.05, 0) is 42.7 Å². The Morgan fingerprint density at radius 1 is 1.26 bits per heavy atom. The highest BCUT2D eigenvalue weighted by atomic mass is 32.1. The fourth-order valence-corrected chi connectivity index (χ4v) is 7.05. The van der Waals surface area contributed by atoms with E-state index in [2.05, 4.69) is 17.6 Å². The number of aliphatic hydroxyl groups is 2. The number of methoxy groups -OCH3 is 1. The van der Waals surface area contributed by atoms with E-state index in [-0.39, 0.29) is 49.0 Å². The molecule has 2 aliphatic rings. The van der Waals surface area contributed by atoms with Gasteiger partial charge in [-0.2, -0.15) is 0 Å². The molecule has 10 heteroatoms. The maximum absolute atomic E-state index is 13.2. The summed E-state index contributed by atoms with van der Waals surface area (Å²) in [6.07, 6.45) is 1.29. The first kappa shape index (κ1) is 25.6. The van der Waals surface area contributed by atoms with Crippen molar-refractivity contribution in [2.45, 2.75) is 51.6 Å². The minimum Gasteiger partial charge on any atom is -0.508 e. The lowest BCUT2D eigenvalue weighted by molar-refractivity contribution is -0.143. The third-order valence-corrected chi connectivity index (χ3v) is 8.94. The highest BCUT2D eigenvalue weighted by Crippen LogP contribution is 2.62. The number of nitrogens with one attached hydrogen (secondary N) is 2. The second-order valence-electron chi connectivity index (χ2n) is 10.1. The van der Waals surface area contributed by atoms with E-state index < -0.39 is 16.9 Å². The topological polar surface area (TPSA) is 141 Å². The fourth-order valence-electron chi connectivity index (χ4n) is 5.97. The van der Waals surface area contributed by atoms with Crippen LogP contribution in [0.3, 0.4) is 0 Å². The summed E-state index contributed by atoms with van der Waals surface area (Å²) in [5.41, 5.74) is 0.151. The number of aromatic nitrogens is 1. The van der Waals surface area contributed by atoms with Crippen LogP contribution in [0, 0.1) is 16.7 Å². The number of aromatic hydroxyl groups is 1. The van der Waals surface area contributed by atoms with Crippen molar-refractivity contribution in [1.82, 2.24) is 4.98 Å². The van der Waals surface area contributed by atoms with Crippen molar-refractivity contribution in [1.29, 1.82) is 0 Å². The van der Waals surface area contributed by atoms with Crippen LogP contribution in [-0.2, 0) is 20.7 Å². The van der Waals surface area contributed by atoms with Crippen molar-refractivity contribution in [3.63, 3.8) is 0 Å². The lowest BCUT2D eigenvalue weighted by atomic mass is 9.47. The van der Waals surface area contributed by atoms with Crippen molar-refractivity contribution in [2.24, 2.45) is 16.7 Å². The van der Waals surface area contributed by atoms with Gasteiger partial charge in [-0.15, -0.1) is 11.3 Å². The molecule has 0 bridgehead atoms. The van der Waals surface area contributed by atoms with E-state index in [1.54, 1.807) is 12.1 Å². The van der Waals surface area contributed by atoms with E-state index in [1.807, 2.05) is 6.92 Å². The summed E-state index contributed by atoms with van der Waals surface area (Å²) in [7, 11) is 1.44. The van der Waals surface area contributed by atoms with Crippen molar-refractivity contribution >= 4 is 34.0 Å². The number of hydrogen-bond donors (Lipinski definition) is 5. The van der Waals surface area contributed by atoms with E-state index >= 15 is 0 Å². The van der Waals surface area contributed by atoms with E-state index in [9.17, 15) is 24.9 Å². The molecular weight excluding hydrogens is 470 g/mol. The van der Waals surface area contributed by atoms with E-state index in [4.69, 9.17) is 9.72 Å². The van der Waals surface area contributed by atoms with Gasteiger partial charge >= 0.3 is 0 Å². The Hall–Kier alpha value is -2.53. The largest absolute Gasteiger partial charge is 0.508 e. The first-order chi connectivity index (χ1) is 16.6. The van der Waals surface area contributed by atoms with Gasteiger partial charge < -0.3 is 25.4 Å². The van der Waals surface area contributed by atoms with Crippen molar-refractivity contribution in [2.75, 3.05) is 31.0 Å². The Kier molecular flexibility index (Phi) is 7.19. The van der Waals surface area contributed by atoms with Gasteiger partial charge in [0.2, 0.25) is 5.91 Å². The Morgan fingerprint density at radius 3 is 2.71 bits per heavy atom. The average Bonchev–Trinajstić information content (AvgIpc) is 3.20. The standard InChI is InChI=1S/C25H33N3O6S/c1-24-8-7-19(31)25(2,13-29)18(24)11-17-22(28-23(35-17)27-21(33)12-34-3)16(24)10-20(32)26-14-5-4-6-15(30)9-14/h4-6,9,16,18-19,29-31H,7-8,10-13H2,1-3H3,(H,26,32)(H,27,28,33). The average molecular weight is 504 g/mol. The molecule has 0 aliphatic heterocycles. The summed E-state index contributed by atoms with van der Waals surface area (Å²) >= 11 is 1.37. The minimum atomic E-state index is -0.728. The molecule has 4 rings (SSSR count). The van der Waals surface area contributed by atoms with E-state index in [1.165, 1.54) is 30.6 Å². The number of benzene rings is 1. The number of carbonyl (C=O) groups is 2. The molecule has 190 valence electrons. The molecule has 1 saturated carbocycles. The number of carbonyl (C=O) groups excluding carboxylic acids is 2. The van der Waals surface area contributed by atoms with Gasteiger partial charge in [-0.25, -0.2) is 4.98 Å². The minimum absolute atomic E-state index is 0.0608. The fraction of sp³-hybridized carbons (Fsp3) is 0.560. The van der Waals surface area contributed by atoms with Gasteiger partial charge in [-0.3, -0.25) is 14.9 Å². The molecule has 2 aromatic rings. The predicted octanol–water partition coefficient (Wildman–Crippen LogP) is 2.88. The molecule has 5 unspecified atom stereocenters. The highest BCUT2D eigenvalue weighted by molar-refractivity contribution is 7.15. The Morgan fingerprint density at radius 2 is 2.03 bits per heavy atom. The smallest absolute Gasteiger partial charge is 0.252 e. The Bertz CT molecular complexity index is 1110. The van der Waals surface area contributed by atoms with Crippen molar-refractivity contribution < 1.29 is 29.6 Å². The summed E-state index contributed by atoms with van der Waals surface area (Å²) in [4.78, 5) is 31.0. The number of hydrogen-bond acceptors (Lipinski definition) is 8. The molecule has 0 spiro atoms. The predicted molar refractivity (Wildman–Crippen MR) is 132 cm³/mol. The number of phenolic OH excluding ortho intramolecular Hbond substituents is 1. The zero-order valence-electron chi connectivity index (χ0n) is 20.2. The summed E-state index contributed by atoms with van der Waals surface area (Å²) < 4.78 is 4.90. The van der Waals surface area contributed by atoms with E-state index in [0.29, 0.717) is 30.1 Å². The molecule has 35 heavy (non-hydrogen) atoms. The lowest BCUT2D eigenvalue weighted by Crippen LogP contribution is -2.57. The maximum atomic E-state index is 13.2. The number of anilines is 2. The van der Waals surface area contributed by atoms with Crippen molar-refractivity contribution in [3.8, 4) is 5.75 Å². The molecule has 1 fully saturated rings. The van der Waals surface area contributed by atoms with Gasteiger partial charge in [0, 0.05) is 41.5 Å². The molecule has 1 aromatic carbocycles. The van der Waals surface area contributed by atoms with Crippen LogP contribution in [0.5, 0.6) is 5.75 Å². The van der Waals surface area contributed by atoms with Gasteiger partial charge in [0.05, 0.1) is 18.4 Å². The lowest BCUT2D eigenvalue weighted by Gasteiger charge is -2.58. The number of rotatable bonds is 7. The number of fused-ring (bicyclic) bond motifs is 2. The van der Waals surface area contributed by atoms with Crippen LogP contribution in [0.25, 0.3) is 0 Å². The summed E-state index contributed by atoms with van der Waals surface area (Å²) in [5.74, 6) is -0.834. The van der Waals surface area contributed by atoms with Gasteiger partial charge in [-0.1, -0.05) is 19.9 Å². The number of thiazole rings is 1. The summed E-state index contributed by atoms with van der Waals surface area (Å²) in [6, 6.07) is 6.39. The number of aliphatic hydroxyl groups excluding tert-OH is 2. The van der Waals surface area contributed by atoms with Crippen LogP contribution in [0.4, 0.5) is 10.8 Å². The van der Waals surface area contributed by atoms with Crippen LogP contribution in [-0.4, -0.2) is 58.5 Å². The van der Waals surface area contributed by atoms with Crippen LogP contribution < -0.4 is 10.6 Å². The van der Waals surface area contributed by atoms with Gasteiger partial charge in [0.25, 0.3) is 5.91 Å². The highest BCUT2D eigenvalue weighted by Gasteiger charge is 2.59. The molecule has 5 atom stereocenters. The molecule has 1 heterocycles. The SMILES string of the molecule is COCC(=O)Nc1nc2c(s1)CC1C(C)(CO)C(O)CCC1(C)C2CC(=O)Nc1cccc(O)c1. The number of amides is 2. The Balaban J connectivity index is 1.70. The molecule has 1 aromatic heterocycles. The first-order valence-corrected chi connectivity index (χ1v) is 12.6. The molecule has 0 saturated heterocycles. The number of nitrogens with zero attached hydrogens (tertiary/aromatic N) is 1. The van der Waals surface area contributed by atoms with Crippen LogP contribution in [0.15, 0.2) is 24.3 Å².